The lowest BCUT2D eigenvalue weighted by molar-refractivity contribution is -0.128. The average Bonchev–Trinajstić information content (AvgIpc) is 2.65. The molecule has 0 aliphatic rings. The van der Waals surface area contributed by atoms with Gasteiger partial charge in [-0.2, -0.15) is 0 Å². The van der Waals surface area contributed by atoms with E-state index in [9.17, 15) is 14.4 Å². The molecule has 0 aromatic heterocycles. The molecule has 0 bridgehead atoms. The highest BCUT2D eigenvalue weighted by Gasteiger charge is 2.15. The summed E-state index contributed by atoms with van der Waals surface area (Å²) in [4.78, 5) is 35.4. The number of rotatable bonds is 5. The molecule has 134 valence electrons. The van der Waals surface area contributed by atoms with Crippen LogP contribution in [-0.2, 0) is 14.3 Å². The molecule has 0 amide bonds. The third kappa shape index (κ3) is 5.19. The third-order valence-corrected chi connectivity index (χ3v) is 3.50. The summed E-state index contributed by atoms with van der Waals surface area (Å²) >= 11 is 5.80. The van der Waals surface area contributed by atoms with E-state index in [0.29, 0.717) is 5.02 Å². The molecule has 0 aliphatic heterocycles. The van der Waals surface area contributed by atoms with Crippen molar-refractivity contribution in [1.29, 1.82) is 0 Å². The number of ether oxygens (including phenoxy) is 3. The highest BCUT2D eigenvalue weighted by molar-refractivity contribution is 6.30. The predicted octanol–water partition coefficient (Wildman–Crippen LogP) is 3.53. The number of hydrogen-bond acceptors (Lipinski definition) is 6. The summed E-state index contributed by atoms with van der Waals surface area (Å²) in [6, 6.07) is 10.7. The van der Waals surface area contributed by atoms with Crippen LogP contribution in [0.15, 0.2) is 48.5 Å². The van der Waals surface area contributed by atoms with Gasteiger partial charge in [-0.25, -0.2) is 14.4 Å². The van der Waals surface area contributed by atoms with Crippen LogP contribution in [0.3, 0.4) is 0 Å². The number of benzene rings is 2. The maximum Gasteiger partial charge on any atom is 0.338 e. The van der Waals surface area contributed by atoms with Gasteiger partial charge in [-0.05, 0) is 42.0 Å². The molecule has 0 aliphatic carbocycles. The fourth-order valence-electron chi connectivity index (χ4n) is 2.02. The van der Waals surface area contributed by atoms with Crippen LogP contribution in [0.5, 0.6) is 5.75 Å². The molecule has 2 aromatic carbocycles. The zero-order valence-corrected chi connectivity index (χ0v) is 14.8. The van der Waals surface area contributed by atoms with Gasteiger partial charge < -0.3 is 14.2 Å². The lowest BCUT2D eigenvalue weighted by Gasteiger charge is -2.07. The quantitative estimate of drug-likeness (QED) is 0.452. The monoisotopic (exact) mass is 374 g/mol. The van der Waals surface area contributed by atoms with E-state index in [4.69, 9.17) is 16.3 Å². The smallest absolute Gasteiger partial charge is 0.338 e. The van der Waals surface area contributed by atoms with Crippen molar-refractivity contribution in [3.63, 3.8) is 0 Å². The predicted molar refractivity (Wildman–Crippen MR) is 95.2 cm³/mol. The van der Waals surface area contributed by atoms with Crippen molar-refractivity contribution in [2.24, 2.45) is 0 Å². The minimum Gasteiger partial charge on any atom is -0.465 e. The number of carbonyl (C=O) groups is 3. The lowest BCUT2D eigenvalue weighted by atomic mass is 10.1. The number of methoxy groups -OCH3 is 2. The molecule has 6 nitrogen and oxygen atoms in total. The Morgan fingerprint density at radius 3 is 1.92 bits per heavy atom. The van der Waals surface area contributed by atoms with Gasteiger partial charge in [0, 0.05) is 11.1 Å². The van der Waals surface area contributed by atoms with Gasteiger partial charge in [0.25, 0.3) is 0 Å². The van der Waals surface area contributed by atoms with E-state index in [0.717, 1.165) is 5.56 Å². The fourth-order valence-corrected chi connectivity index (χ4v) is 2.14. The third-order valence-electron chi connectivity index (χ3n) is 3.25. The van der Waals surface area contributed by atoms with Gasteiger partial charge in [0.2, 0.25) is 0 Å². The average molecular weight is 375 g/mol. The SMILES string of the molecule is COC(=O)c1cc(OC(=O)C=Cc2ccc(Cl)cc2)cc(C(=O)OC)c1. The first-order valence-electron chi connectivity index (χ1n) is 7.40. The van der Waals surface area contributed by atoms with Crippen LogP contribution in [0.4, 0.5) is 0 Å². The molecule has 0 unspecified atom stereocenters. The van der Waals surface area contributed by atoms with Crippen molar-refractivity contribution < 1.29 is 28.6 Å². The van der Waals surface area contributed by atoms with E-state index in [2.05, 4.69) is 9.47 Å². The second kappa shape index (κ2) is 8.82. The van der Waals surface area contributed by atoms with Crippen molar-refractivity contribution in [2.75, 3.05) is 14.2 Å². The van der Waals surface area contributed by atoms with E-state index < -0.39 is 17.9 Å². The molecule has 0 radical (unpaired) electrons. The highest BCUT2D eigenvalue weighted by atomic mass is 35.5. The Morgan fingerprint density at radius 1 is 0.885 bits per heavy atom. The first kappa shape index (κ1) is 19.2. The fraction of sp³-hybridized carbons (Fsp3) is 0.105. The van der Waals surface area contributed by atoms with Gasteiger partial charge in [-0.1, -0.05) is 23.7 Å². The normalized spacial score (nSPS) is 10.4. The molecule has 0 fully saturated rings. The first-order chi connectivity index (χ1) is 12.4. The molecule has 0 spiro atoms. The molecule has 0 saturated carbocycles. The van der Waals surface area contributed by atoms with Gasteiger partial charge in [0.05, 0.1) is 25.3 Å². The Bertz CT molecular complexity index is 821. The number of hydrogen-bond donors (Lipinski definition) is 0. The van der Waals surface area contributed by atoms with E-state index in [1.807, 2.05) is 0 Å². The van der Waals surface area contributed by atoms with Gasteiger partial charge >= 0.3 is 17.9 Å². The van der Waals surface area contributed by atoms with E-state index in [1.54, 1.807) is 30.3 Å². The Labute approximate surface area is 154 Å². The van der Waals surface area contributed by atoms with E-state index >= 15 is 0 Å². The summed E-state index contributed by atoms with van der Waals surface area (Å²) in [6.45, 7) is 0. The summed E-state index contributed by atoms with van der Waals surface area (Å²) in [5, 5.41) is 0.583. The molecular formula is C19H15ClO6. The van der Waals surface area contributed by atoms with Crippen LogP contribution in [0.1, 0.15) is 26.3 Å². The second-order valence-electron chi connectivity index (χ2n) is 5.04. The molecule has 0 atom stereocenters. The van der Waals surface area contributed by atoms with E-state index in [1.165, 1.54) is 38.5 Å². The van der Waals surface area contributed by atoms with Gasteiger partial charge in [-0.3, -0.25) is 0 Å². The van der Waals surface area contributed by atoms with Crippen molar-refractivity contribution in [3.8, 4) is 5.75 Å². The van der Waals surface area contributed by atoms with Crippen LogP contribution >= 0.6 is 11.6 Å². The van der Waals surface area contributed by atoms with Crippen molar-refractivity contribution in [1.82, 2.24) is 0 Å². The lowest BCUT2D eigenvalue weighted by Crippen LogP contribution is -2.09. The van der Waals surface area contributed by atoms with Crippen LogP contribution in [0.2, 0.25) is 5.02 Å². The zero-order chi connectivity index (χ0) is 19.1. The topological polar surface area (TPSA) is 78.9 Å². The summed E-state index contributed by atoms with van der Waals surface area (Å²) in [6.07, 6.45) is 2.76. The molecular weight excluding hydrogens is 360 g/mol. The molecule has 7 heteroatoms. The highest BCUT2D eigenvalue weighted by Crippen LogP contribution is 2.19. The summed E-state index contributed by atoms with van der Waals surface area (Å²) in [5.74, 6) is -2.02. The van der Waals surface area contributed by atoms with Crippen LogP contribution < -0.4 is 4.74 Å². The maximum absolute atomic E-state index is 12.0. The molecule has 2 aromatic rings. The molecule has 0 saturated heterocycles. The first-order valence-corrected chi connectivity index (χ1v) is 7.78. The summed E-state index contributed by atoms with van der Waals surface area (Å²) < 4.78 is 14.4. The number of esters is 3. The molecule has 0 heterocycles. The van der Waals surface area contributed by atoms with Crippen molar-refractivity contribution in [3.05, 3.63) is 70.3 Å². The Kier molecular flexibility index (Phi) is 6.52. The second-order valence-corrected chi connectivity index (χ2v) is 5.47. The molecule has 0 N–H and O–H groups in total. The standard InChI is InChI=1S/C19H15ClO6/c1-24-18(22)13-9-14(19(23)25-2)11-16(10-13)26-17(21)8-5-12-3-6-15(20)7-4-12/h3-11H,1-2H3. The van der Waals surface area contributed by atoms with Gasteiger partial charge in [0.1, 0.15) is 5.75 Å². The largest absolute Gasteiger partial charge is 0.465 e. The summed E-state index contributed by atoms with van der Waals surface area (Å²) in [5.41, 5.74) is 0.865. The Balaban J connectivity index is 2.21. The Morgan fingerprint density at radius 2 is 1.42 bits per heavy atom. The van der Waals surface area contributed by atoms with Crippen LogP contribution in [0.25, 0.3) is 6.08 Å². The van der Waals surface area contributed by atoms with Gasteiger partial charge in [0.15, 0.2) is 0 Å². The van der Waals surface area contributed by atoms with Crippen molar-refractivity contribution in [2.45, 2.75) is 0 Å². The van der Waals surface area contributed by atoms with Crippen LogP contribution in [-0.4, -0.2) is 32.1 Å². The number of carbonyl (C=O) groups excluding carboxylic acids is 3. The minimum absolute atomic E-state index is 0.0130. The van der Waals surface area contributed by atoms with E-state index in [-0.39, 0.29) is 16.9 Å². The Hall–Kier alpha value is -3.12. The zero-order valence-electron chi connectivity index (χ0n) is 14.0. The maximum atomic E-state index is 12.0. The summed E-state index contributed by atoms with van der Waals surface area (Å²) in [7, 11) is 2.40. The van der Waals surface area contributed by atoms with Crippen molar-refractivity contribution >= 4 is 35.6 Å². The number of halogens is 1. The molecule has 26 heavy (non-hydrogen) atoms. The van der Waals surface area contributed by atoms with Gasteiger partial charge in [-0.15, -0.1) is 0 Å². The van der Waals surface area contributed by atoms with Crippen LogP contribution in [0, 0.1) is 0 Å². The molecule has 2 rings (SSSR count). The minimum atomic E-state index is -0.683.